The second kappa shape index (κ2) is 3.85. The molecule has 1 aromatic rings. The van der Waals surface area contributed by atoms with Gasteiger partial charge in [-0.25, -0.2) is 4.79 Å². The largest absolute Gasteiger partial charge is 0.240 e. The van der Waals surface area contributed by atoms with Crippen LogP contribution in [0.2, 0.25) is 5.02 Å². The summed E-state index contributed by atoms with van der Waals surface area (Å²) in [6.07, 6.45) is 1.45. The fraction of sp³-hybridized carbons (Fsp3) is 0.125. The van der Waals surface area contributed by atoms with Gasteiger partial charge in [-0.15, -0.1) is 0 Å². The van der Waals surface area contributed by atoms with Gasteiger partial charge >= 0.3 is 0 Å². The van der Waals surface area contributed by atoms with E-state index in [9.17, 15) is 4.79 Å². The molecule has 0 unspecified atom stereocenters. The van der Waals surface area contributed by atoms with Gasteiger partial charge < -0.3 is 0 Å². The van der Waals surface area contributed by atoms with Crippen molar-refractivity contribution < 1.29 is 4.79 Å². The zero-order chi connectivity index (χ0) is 9.14. The zero-order valence-corrected chi connectivity index (χ0v) is 8.61. The summed E-state index contributed by atoms with van der Waals surface area (Å²) < 4.78 is 0.704. The van der Waals surface area contributed by atoms with E-state index in [-0.39, 0.29) is 0 Å². The predicted molar refractivity (Wildman–Crippen MR) is 51.7 cm³/mol. The molecule has 0 aromatic heterocycles. The van der Waals surface area contributed by atoms with Gasteiger partial charge in [-0.1, -0.05) is 11.6 Å². The van der Waals surface area contributed by atoms with Crippen LogP contribution in [0.25, 0.3) is 0 Å². The van der Waals surface area contributed by atoms with Gasteiger partial charge in [0.25, 0.3) is 0 Å². The van der Waals surface area contributed by atoms with Crippen molar-refractivity contribution in [3.8, 4) is 0 Å². The number of hydrogen-bond donors (Lipinski definition) is 0. The number of nitrogens with zero attached hydrogens (tertiary/aromatic N) is 1. The van der Waals surface area contributed by atoms with Crippen molar-refractivity contribution in [2.45, 2.75) is 6.92 Å². The fourth-order valence-electron chi connectivity index (χ4n) is 0.845. The van der Waals surface area contributed by atoms with Gasteiger partial charge in [0.1, 0.15) is 5.69 Å². The predicted octanol–water partition coefficient (Wildman–Crippen LogP) is 3.38. The number of hydrogen-bond acceptors (Lipinski definition) is 2. The van der Waals surface area contributed by atoms with Crippen molar-refractivity contribution in [1.29, 1.82) is 0 Å². The number of carbonyl (C=O) groups excluding carboxylic acids is 1. The summed E-state index contributed by atoms with van der Waals surface area (Å²) in [6.45, 7) is 1.91. The summed E-state index contributed by atoms with van der Waals surface area (Å²) in [5, 5.41) is 0.449. The quantitative estimate of drug-likeness (QED) is 0.552. The van der Waals surface area contributed by atoms with Crippen molar-refractivity contribution in [2.24, 2.45) is 4.99 Å². The minimum absolute atomic E-state index is 0.428. The average molecular weight is 246 g/mol. The Morgan fingerprint density at radius 3 is 2.75 bits per heavy atom. The molecule has 1 aromatic carbocycles. The van der Waals surface area contributed by atoms with Crippen LogP contribution in [-0.2, 0) is 4.79 Å². The van der Waals surface area contributed by atoms with E-state index in [2.05, 4.69) is 20.9 Å². The molecule has 0 fully saturated rings. The molecule has 1 rings (SSSR count). The van der Waals surface area contributed by atoms with Gasteiger partial charge in [-0.05, 0) is 40.5 Å². The molecule has 0 radical (unpaired) electrons. The highest BCUT2D eigenvalue weighted by atomic mass is 79.9. The molecule has 0 amide bonds. The van der Waals surface area contributed by atoms with Crippen LogP contribution in [0, 0.1) is 6.92 Å². The van der Waals surface area contributed by atoms with Crippen molar-refractivity contribution in [3.63, 3.8) is 0 Å². The monoisotopic (exact) mass is 245 g/mol. The molecule has 0 aliphatic rings. The molecule has 0 heterocycles. The standard InChI is InChI=1S/C8H5BrClNO/c1-5-2-6(9)8(11-4-12)7(10)3-5/h2-3H,1H3. The molecule has 4 heteroatoms. The van der Waals surface area contributed by atoms with Crippen LogP contribution in [0.3, 0.4) is 0 Å². The Bertz CT molecular complexity index is 335. The minimum Gasteiger partial charge on any atom is -0.211 e. The van der Waals surface area contributed by atoms with Gasteiger partial charge in [0.15, 0.2) is 0 Å². The maximum atomic E-state index is 9.99. The summed E-state index contributed by atoms with van der Waals surface area (Å²) in [5.41, 5.74) is 1.44. The normalized spacial score (nSPS) is 9.25. The molecule has 12 heavy (non-hydrogen) atoms. The van der Waals surface area contributed by atoms with Crippen molar-refractivity contribution >= 4 is 39.3 Å². The second-order valence-corrected chi connectivity index (χ2v) is 3.54. The van der Waals surface area contributed by atoms with Crippen LogP contribution < -0.4 is 0 Å². The summed E-state index contributed by atoms with van der Waals surface area (Å²) in [4.78, 5) is 13.5. The Morgan fingerprint density at radius 2 is 2.25 bits per heavy atom. The molecular formula is C8H5BrClNO. The van der Waals surface area contributed by atoms with E-state index in [4.69, 9.17) is 11.6 Å². The number of aryl methyl sites for hydroxylation is 1. The summed E-state index contributed by atoms with van der Waals surface area (Å²) in [7, 11) is 0. The van der Waals surface area contributed by atoms with Crippen LogP contribution in [0.5, 0.6) is 0 Å². The molecule has 0 saturated carbocycles. The van der Waals surface area contributed by atoms with Gasteiger partial charge in [0, 0.05) is 4.47 Å². The van der Waals surface area contributed by atoms with Crippen LogP contribution in [0.15, 0.2) is 21.6 Å². The number of halogens is 2. The number of isocyanates is 1. The first-order valence-corrected chi connectivity index (χ1v) is 4.35. The average Bonchev–Trinajstić information content (AvgIpc) is 1.96. The third-order valence-electron chi connectivity index (χ3n) is 1.32. The van der Waals surface area contributed by atoms with Crippen LogP contribution >= 0.6 is 27.5 Å². The molecule has 2 nitrogen and oxygen atoms in total. The Kier molecular flexibility index (Phi) is 3.04. The van der Waals surface area contributed by atoms with E-state index in [0.29, 0.717) is 15.2 Å². The van der Waals surface area contributed by atoms with E-state index in [0.717, 1.165) is 5.56 Å². The Balaban J connectivity index is 3.37. The van der Waals surface area contributed by atoms with E-state index in [1.54, 1.807) is 6.07 Å². The molecule has 0 aliphatic carbocycles. The maximum absolute atomic E-state index is 9.99. The summed E-state index contributed by atoms with van der Waals surface area (Å²) >= 11 is 9.05. The van der Waals surface area contributed by atoms with Gasteiger partial charge in [-0.3, -0.25) is 0 Å². The molecule has 0 aliphatic heterocycles. The molecule has 0 spiro atoms. The van der Waals surface area contributed by atoms with E-state index < -0.39 is 0 Å². The van der Waals surface area contributed by atoms with Gasteiger partial charge in [0.2, 0.25) is 6.08 Å². The number of benzene rings is 1. The first-order chi connectivity index (χ1) is 5.65. The van der Waals surface area contributed by atoms with Crippen LogP contribution in [0.4, 0.5) is 5.69 Å². The smallest absolute Gasteiger partial charge is 0.211 e. The Labute approximate surface area is 83.4 Å². The molecule has 0 N–H and O–H groups in total. The van der Waals surface area contributed by atoms with Crippen LogP contribution in [-0.4, -0.2) is 6.08 Å². The van der Waals surface area contributed by atoms with Gasteiger partial charge in [0.05, 0.1) is 5.02 Å². The van der Waals surface area contributed by atoms with Crippen molar-refractivity contribution in [3.05, 3.63) is 27.2 Å². The first kappa shape index (κ1) is 9.46. The van der Waals surface area contributed by atoms with E-state index in [1.807, 2.05) is 13.0 Å². The topological polar surface area (TPSA) is 29.4 Å². The van der Waals surface area contributed by atoms with Crippen LogP contribution in [0.1, 0.15) is 5.56 Å². The Hall–Kier alpha value is -0.630. The highest BCUT2D eigenvalue weighted by Gasteiger charge is 2.04. The molecule has 62 valence electrons. The third kappa shape index (κ3) is 1.95. The molecular weight excluding hydrogens is 241 g/mol. The van der Waals surface area contributed by atoms with Crippen molar-refractivity contribution in [2.75, 3.05) is 0 Å². The molecule has 0 atom stereocenters. The lowest BCUT2D eigenvalue weighted by Gasteiger charge is -2.00. The molecule has 0 bridgehead atoms. The highest BCUT2D eigenvalue weighted by Crippen LogP contribution is 2.33. The summed E-state index contributed by atoms with van der Waals surface area (Å²) in [5.74, 6) is 0. The van der Waals surface area contributed by atoms with Gasteiger partial charge in [-0.2, -0.15) is 4.99 Å². The lowest BCUT2D eigenvalue weighted by Crippen LogP contribution is -1.75. The Morgan fingerprint density at radius 1 is 1.58 bits per heavy atom. The highest BCUT2D eigenvalue weighted by molar-refractivity contribution is 9.10. The summed E-state index contributed by atoms with van der Waals surface area (Å²) in [6, 6.07) is 3.57. The maximum Gasteiger partial charge on any atom is 0.240 e. The number of aliphatic imine (C=N–C) groups is 1. The van der Waals surface area contributed by atoms with E-state index in [1.165, 1.54) is 6.08 Å². The lowest BCUT2D eigenvalue weighted by molar-refractivity contribution is 0.565. The zero-order valence-electron chi connectivity index (χ0n) is 6.27. The third-order valence-corrected chi connectivity index (χ3v) is 2.21. The SMILES string of the molecule is Cc1cc(Cl)c(N=C=O)c(Br)c1. The fourth-order valence-corrected chi connectivity index (χ4v) is 1.94. The first-order valence-electron chi connectivity index (χ1n) is 3.18. The second-order valence-electron chi connectivity index (χ2n) is 2.28. The molecule has 0 saturated heterocycles. The van der Waals surface area contributed by atoms with Crippen molar-refractivity contribution in [1.82, 2.24) is 0 Å². The van der Waals surface area contributed by atoms with E-state index >= 15 is 0 Å². The lowest BCUT2D eigenvalue weighted by atomic mass is 10.2. The number of rotatable bonds is 1. The minimum atomic E-state index is 0.428.